The zero-order valence-corrected chi connectivity index (χ0v) is 13.3. The Kier molecular flexibility index (Phi) is 5.02. The van der Waals surface area contributed by atoms with Crippen molar-refractivity contribution >= 4 is 23.5 Å². The average molecular weight is 339 g/mol. The Morgan fingerprint density at radius 1 is 1.12 bits per heavy atom. The lowest BCUT2D eigenvalue weighted by Crippen LogP contribution is -1.88. The highest BCUT2D eigenvalue weighted by Crippen LogP contribution is 2.25. The van der Waals surface area contributed by atoms with E-state index in [1.165, 1.54) is 23.9 Å². The van der Waals surface area contributed by atoms with Gasteiger partial charge in [-0.2, -0.15) is 0 Å². The lowest BCUT2D eigenvalue weighted by molar-refractivity contribution is -0.384. The third-order valence-electron chi connectivity index (χ3n) is 3.12. The minimum Gasteiger partial charge on any atom is -0.411 e. The standard InChI is InChI=1S/C17H13N3O3S/c21-20(22)15-10-4-9-14(12-15)16-18-19-17(23-16)24-11-5-8-13-6-2-1-3-7-13/h1-10,12H,11H2/b8-5+. The topological polar surface area (TPSA) is 82.1 Å². The number of nitrogens with zero attached hydrogens (tertiary/aromatic N) is 3. The Morgan fingerprint density at radius 2 is 1.96 bits per heavy atom. The molecule has 3 aromatic rings. The molecule has 1 aromatic heterocycles. The van der Waals surface area contributed by atoms with Crippen LogP contribution in [-0.4, -0.2) is 20.9 Å². The second kappa shape index (κ2) is 7.56. The maximum atomic E-state index is 10.8. The lowest BCUT2D eigenvalue weighted by atomic mass is 10.2. The van der Waals surface area contributed by atoms with Crippen molar-refractivity contribution in [3.8, 4) is 11.5 Å². The zero-order chi connectivity index (χ0) is 16.8. The summed E-state index contributed by atoms with van der Waals surface area (Å²) in [6.07, 6.45) is 4.03. The summed E-state index contributed by atoms with van der Waals surface area (Å²) >= 11 is 1.40. The van der Waals surface area contributed by atoms with Crippen molar-refractivity contribution in [1.82, 2.24) is 10.2 Å². The minimum absolute atomic E-state index is 0.00861. The Hall–Kier alpha value is -2.93. The molecule has 24 heavy (non-hydrogen) atoms. The molecule has 0 aliphatic rings. The molecule has 0 radical (unpaired) electrons. The van der Waals surface area contributed by atoms with Crippen LogP contribution in [0, 0.1) is 10.1 Å². The SMILES string of the molecule is O=[N+]([O-])c1cccc(-c2nnc(SC/C=C/c3ccccc3)o2)c1. The number of hydrogen-bond donors (Lipinski definition) is 0. The van der Waals surface area contributed by atoms with Gasteiger partial charge in [0.15, 0.2) is 0 Å². The molecule has 1 heterocycles. The Balaban J connectivity index is 1.62. The van der Waals surface area contributed by atoms with Crippen LogP contribution in [-0.2, 0) is 0 Å². The van der Waals surface area contributed by atoms with Crippen molar-refractivity contribution in [2.75, 3.05) is 5.75 Å². The summed E-state index contributed by atoms with van der Waals surface area (Å²) in [7, 11) is 0. The van der Waals surface area contributed by atoms with Crippen molar-refractivity contribution in [3.63, 3.8) is 0 Å². The average Bonchev–Trinajstić information content (AvgIpc) is 3.09. The molecule has 6 nitrogen and oxygen atoms in total. The largest absolute Gasteiger partial charge is 0.411 e. The predicted octanol–water partition coefficient (Wildman–Crippen LogP) is 4.45. The van der Waals surface area contributed by atoms with E-state index < -0.39 is 4.92 Å². The fourth-order valence-corrected chi connectivity index (χ4v) is 2.58. The van der Waals surface area contributed by atoms with Crippen LogP contribution in [0.15, 0.2) is 70.3 Å². The monoisotopic (exact) mass is 339 g/mol. The third-order valence-corrected chi connectivity index (χ3v) is 3.89. The molecule has 0 unspecified atom stereocenters. The van der Waals surface area contributed by atoms with E-state index in [0.717, 1.165) is 5.56 Å². The molecule has 0 amide bonds. The predicted molar refractivity (Wildman–Crippen MR) is 92.6 cm³/mol. The molecule has 2 aromatic carbocycles. The third kappa shape index (κ3) is 4.08. The van der Waals surface area contributed by atoms with E-state index in [-0.39, 0.29) is 11.6 Å². The molecule has 0 aliphatic heterocycles. The highest BCUT2D eigenvalue weighted by molar-refractivity contribution is 7.99. The lowest BCUT2D eigenvalue weighted by Gasteiger charge is -1.95. The number of non-ortho nitro benzene ring substituents is 1. The van der Waals surface area contributed by atoms with Crippen LogP contribution in [0.25, 0.3) is 17.5 Å². The van der Waals surface area contributed by atoms with Crippen molar-refractivity contribution in [2.24, 2.45) is 0 Å². The maximum absolute atomic E-state index is 10.8. The first-order valence-electron chi connectivity index (χ1n) is 7.15. The number of nitro groups is 1. The molecule has 0 atom stereocenters. The zero-order valence-electron chi connectivity index (χ0n) is 12.5. The van der Waals surface area contributed by atoms with Crippen LogP contribution in [0.1, 0.15) is 5.56 Å². The summed E-state index contributed by atoms with van der Waals surface area (Å²) in [5, 5.41) is 19.1. The van der Waals surface area contributed by atoms with Gasteiger partial charge in [-0.25, -0.2) is 0 Å². The fourth-order valence-electron chi connectivity index (χ4n) is 2.01. The fraction of sp³-hybridized carbons (Fsp3) is 0.0588. The van der Waals surface area contributed by atoms with Gasteiger partial charge in [-0.3, -0.25) is 10.1 Å². The highest BCUT2D eigenvalue weighted by Gasteiger charge is 2.12. The van der Waals surface area contributed by atoms with E-state index in [2.05, 4.69) is 10.2 Å². The van der Waals surface area contributed by atoms with Gasteiger partial charge in [0.1, 0.15) is 0 Å². The van der Waals surface area contributed by atoms with Gasteiger partial charge in [-0.1, -0.05) is 60.3 Å². The number of nitro benzene ring substituents is 1. The van der Waals surface area contributed by atoms with Gasteiger partial charge in [0, 0.05) is 23.4 Å². The number of benzene rings is 2. The second-order valence-electron chi connectivity index (χ2n) is 4.80. The number of hydrogen-bond acceptors (Lipinski definition) is 6. The van der Waals surface area contributed by atoms with Crippen molar-refractivity contribution in [1.29, 1.82) is 0 Å². The molecule has 0 saturated heterocycles. The molecule has 0 N–H and O–H groups in total. The first kappa shape index (κ1) is 15.9. The van der Waals surface area contributed by atoms with Gasteiger partial charge >= 0.3 is 0 Å². The number of aromatic nitrogens is 2. The molecule has 7 heteroatoms. The van der Waals surface area contributed by atoms with Crippen LogP contribution in [0.3, 0.4) is 0 Å². The number of rotatable bonds is 6. The molecular formula is C17H13N3O3S. The highest BCUT2D eigenvalue weighted by atomic mass is 32.2. The molecule has 0 bridgehead atoms. The maximum Gasteiger partial charge on any atom is 0.277 e. The molecular weight excluding hydrogens is 326 g/mol. The van der Waals surface area contributed by atoms with E-state index in [4.69, 9.17) is 4.42 Å². The van der Waals surface area contributed by atoms with Crippen LogP contribution in [0.4, 0.5) is 5.69 Å². The first-order valence-corrected chi connectivity index (χ1v) is 8.13. The number of thioether (sulfide) groups is 1. The second-order valence-corrected chi connectivity index (χ2v) is 5.78. The summed E-state index contributed by atoms with van der Waals surface area (Å²) < 4.78 is 5.54. The molecule has 0 spiro atoms. The summed E-state index contributed by atoms with van der Waals surface area (Å²) in [6.45, 7) is 0. The summed E-state index contributed by atoms with van der Waals surface area (Å²) in [5.41, 5.74) is 1.65. The quantitative estimate of drug-likeness (QED) is 0.375. The van der Waals surface area contributed by atoms with E-state index in [0.29, 0.717) is 16.5 Å². The Morgan fingerprint density at radius 3 is 2.75 bits per heavy atom. The van der Waals surface area contributed by atoms with Gasteiger partial charge < -0.3 is 4.42 Å². The first-order chi connectivity index (χ1) is 11.7. The smallest absolute Gasteiger partial charge is 0.277 e. The van der Waals surface area contributed by atoms with E-state index in [1.807, 2.05) is 42.5 Å². The van der Waals surface area contributed by atoms with Gasteiger partial charge in [0.05, 0.1) is 4.92 Å². The molecule has 0 fully saturated rings. The van der Waals surface area contributed by atoms with E-state index in [9.17, 15) is 10.1 Å². The molecule has 0 aliphatic carbocycles. The summed E-state index contributed by atoms with van der Waals surface area (Å²) in [5.74, 6) is 0.957. The van der Waals surface area contributed by atoms with Crippen LogP contribution < -0.4 is 0 Å². The normalized spacial score (nSPS) is 11.0. The minimum atomic E-state index is -0.454. The van der Waals surface area contributed by atoms with E-state index in [1.54, 1.807) is 12.1 Å². The summed E-state index contributed by atoms with van der Waals surface area (Å²) in [6, 6.07) is 16.1. The van der Waals surface area contributed by atoms with Crippen molar-refractivity contribution in [3.05, 3.63) is 76.4 Å². The van der Waals surface area contributed by atoms with Crippen LogP contribution in [0.2, 0.25) is 0 Å². The molecule has 120 valence electrons. The van der Waals surface area contributed by atoms with Gasteiger partial charge in [0.2, 0.25) is 5.89 Å². The van der Waals surface area contributed by atoms with Crippen molar-refractivity contribution < 1.29 is 9.34 Å². The van der Waals surface area contributed by atoms with Gasteiger partial charge in [0.25, 0.3) is 10.9 Å². The van der Waals surface area contributed by atoms with Crippen molar-refractivity contribution in [2.45, 2.75) is 5.22 Å². The van der Waals surface area contributed by atoms with Crippen LogP contribution in [0.5, 0.6) is 0 Å². The molecule has 3 rings (SSSR count). The van der Waals surface area contributed by atoms with Crippen LogP contribution >= 0.6 is 11.8 Å². The van der Waals surface area contributed by atoms with Gasteiger partial charge in [-0.05, 0) is 11.6 Å². The molecule has 0 saturated carbocycles. The Bertz CT molecular complexity index is 862. The summed E-state index contributed by atoms with van der Waals surface area (Å²) in [4.78, 5) is 10.4. The van der Waals surface area contributed by atoms with E-state index >= 15 is 0 Å². The Labute approximate surface area is 142 Å². The van der Waals surface area contributed by atoms with Gasteiger partial charge in [-0.15, -0.1) is 10.2 Å².